The van der Waals surface area contributed by atoms with E-state index in [0.717, 1.165) is 10.0 Å². The summed E-state index contributed by atoms with van der Waals surface area (Å²) >= 11 is 3.33. The molecule has 0 bridgehead atoms. The number of nitrogens with zero attached hydrogens (tertiary/aromatic N) is 1. The van der Waals surface area contributed by atoms with Crippen LogP contribution in [0.5, 0.6) is 5.75 Å². The van der Waals surface area contributed by atoms with E-state index in [4.69, 9.17) is 4.74 Å². The second kappa shape index (κ2) is 5.11. The van der Waals surface area contributed by atoms with Crippen molar-refractivity contribution in [2.45, 2.75) is 12.8 Å². The van der Waals surface area contributed by atoms with Crippen molar-refractivity contribution in [2.24, 2.45) is 0 Å². The summed E-state index contributed by atoms with van der Waals surface area (Å²) in [4.78, 5) is 10.1. The van der Waals surface area contributed by atoms with Gasteiger partial charge >= 0.3 is 0 Å². The van der Waals surface area contributed by atoms with E-state index in [0.29, 0.717) is 5.75 Å². The number of nitro groups is 1. The molecule has 82 valence electrons. The van der Waals surface area contributed by atoms with Crippen LogP contribution in [-0.2, 0) is 0 Å². The highest BCUT2D eigenvalue weighted by molar-refractivity contribution is 9.10. The Morgan fingerprint density at radius 1 is 1.60 bits per heavy atom. The van der Waals surface area contributed by atoms with E-state index >= 15 is 0 Å². The zero-order chi connectivity index (χ0) is 11.4. The number of hydrogen-bond donors (Lipinski definition) is 0. The molecule has 1 aromatic carbocycles. The molecular formula is C10H12BrNO3. The van der Waals surface area contributed by atoms with E-state index in [9.17, 15) is 10.1 Å². The van der Waals surface area contributed by atoms with Gasteiger partial charge in [-0.1, -0.05) is 13.0 Å². The van der Waals surface area contributed by atoms with E-state index < -0.39 is 0 Å². The minimum Gasteiger partial charge on any atom is -0.496 e. The average molecular weight is 274 g/mol. The topological polar surface area (TPSA) is 52.4 Å². The molecule has 0 spiro atoms. The van der Waals surface area contributed by atoms with Crippen molar-refractivity contribution in [1.82, 2.24) is 0 Å². The van der Waals surface area contributed by atoms with Crippen LogP contribution in [0, 0.1) is 10.1 Å². The van der Waals surface area contributed by atoms with Crippen LogP contribution in [0.1, 0.15) is 18.4 Å². The molecule has 0 N–H and O–H groups in total. The standard InChI is InChI=1S/C10H12BrNO3/c1-7(6-12(13)14)8-3-4-9(11)10(5-8)15-2/h3-5,7H,6H2,1-2H3. The van der Waals surface area contributed by atoms with Gasteiger partial charge in [-0.15, -0.1) is 0 Å². The predicted molar refractivity (Wildman–Crippen MR) is 61.0 cm³/mol. The van der Waals surface area contributed by atoms with E-state index in [1.807, 2.05) is 25.1 Å². The van der Waals surface area contributed by atoms with Crippen LogP contribution in [0.25, 0.3) is 0 Å². The number of halogens is 1. The Labute approximate surface area is 96.5 Å². The van der Waals surface area contributed by atoms with Gasteiger partial charge in [0.2, 0.25) is 6.54 Å². The Kier molecular flexibility index (Phi) is 4.08. The summed E-state index contributed by atoms with van der Waals surface area (Å²) in [5.41, 5.74) is 0.909. The molecule has 0 heterocycles. The fourth-order valence-electron chi connectivity index (χ4n) is 1.31. The summed E-state index contributed by atoms with van der Waals surface area (Å²) in [5.74, 6) is 0.588. The van der Waals surface area contributed by atoms with Crippen molar-refractivity contribution in [1.29, 1.82) is 0 Å². The highest BCUT2D eigenvalue weighted by Gasteiger charge is 2.13. The maximum absolute atomic E-state index is 10.4. The van der Waals surface area contributed by atoms with Crippen LogP contribution in [0.4, 0.5) is 0 Å². The third-order valence-electron chi connectivity index (χ3n) is 2.17. The fraction of sp³-hybridized carbons (Fsp3) is 0.400. The van der Waals surface area contributed by atoms with Gasteiger partial charge in [0.05, 0.1) is 11.6 Å². The zero-order valence-electron chi connectivity index (χ0n) is 8.57. The second-order valence-corrected chi connectivity index (χ2v) is 4.16. The van der Waals surface area contributed by atoms with Crippen molar-refractivity contribution in [3.8, 4) is 5.75 Å². The lowest BCUT2D eigenvalue weighted by molar-refractivity contribution is -0.482. The van der Waals surface area contributed by atoms with Gasteiger partial charge in [0.25, 0.3) is 0 Å². The van der Waals surface area contributed by atoms with Crippen molar-refractivity contribution < 1.29 is 9.66 Å². The molecule has 1 atom stereocenters. The van der Waals surface area contributed by atoms with Gasteiger partial charge < -0.3 is 4.74 Å². The van der Waals surface area contributed by atoms with Crippen molar-refractivity contribution in [3.63, 3.8) is 0 Å². The number of ether oxygens (including phenoxy) is 1. The molecule has 1 unspecified atom stereocenters. The molecule has 0 aliphatic heterocycles. The van der Waals surface area contributed by atoms with E-state index in [1.54, 1.807) is 7.11 Å². The third kappa shape index (κ3) is 3.20. The summed E-state index contributed by atoms with van der Waals surface area (Å²) in [7, 11) is 1.57. The maximum atomic E-state index is 10.4. The normalized spacial score (nSPS) is 12.2. The molecule has 1 rings (SSSR count). The molecule has 0 amide bonds. The van der Waals surface area contributed by atoms with Gasteiger partial charge in [-0.25, -0.2) is 0 Å². The zero-order valence-corrected chi connectivity index (χ0v) is 10.2. The van der Waals surface area contributed by atoms with Gasteiger partial charge in [0.1, 0.15) is 5.75 Å². The number of hydrogen-bond acceptors (Lipinski definition) is 3. The summed E-state index contributed by atoms with van der Waals surface area (Å²) < 4.78 is 5.97. The fourth-order valence-corrected chi connectivity index (χ4v) is 1.72. The monoisotopic (exact) mass is 273 g/mol. The average Bonchev–Trinajstić information content (AvgIpc) is 2.17. The van der Waals surface area contributed by atoms with Crippen LogP contribution in [0.2, 0.25) is 0 Å². The quantitative estimate of drug-likeness (QED) is 0.626. The van der Waals surface area contributed by atoms with E-state index in [2.05, 4.69) is 15.9 Å². The largest absolute Gasteiger partial charge is 0.496 e. The molecular weight excluding hydrogens is 262 g/mol. The smallest absolute Gasteiger partial charge is 0.210 e. The highest BCUT2D eigenvalue weighted by Crippen LogP contribution is 2.28. The maximum Gasteiger partial charge on any atom is 0.210 e. The van der Waals surface area contributed by atoms with E-state index in [1.165, 1.54) is 0 Å². The first-order valence-corrected chi connectivity index (χ1v) is 5.29. The van der Waals surface area contributed by atoms with Gasteiger partial charge in [-0.05, 0) is 33.6 Å². The highest BCUT2D eigenvalue weighted by atomic mass is 79.9. The lowest BCUT2D eigenvalue weighted by Crippen LogP contribution is -2.09. The third-order valence-corrected chi connectivity index (χ3v) is 2.82. The molecule has 4 nitrogen and oxygen atoms in total. The van der Waals surface area contributed by atoms with Gasteiger partial charge in [0.15, 0.2) is 0 Å². The van der Waals surface area contributed by atoms with Crippen LogP contribution in [-0.4, -0.2) is 18.6 Å². The minimum absolute atomic E-state index is 0.0647. The van der Waals surface area contributed by atoms with Crippen LogP contribution >= 0.6 is 15.9 Å². The number of rotatable bonds is 4. The molecule has 0 aliphatic rings. The molecule has 0 saturated heterocycles. The molecule has 0 saturated carbocycles. The van der Waals surface area contributed by atoms with E-state index in [-0.39, 0.29) is 17.4 Å². The first-order valence-electron chi connectivity index (χ1n) is 4.50. The molecule has 1 aromatic rings. The van der Waals surface area contributed by atoms with Gasteiger partial charge in [-0.3, -0.25) is 10.1 Å². The van der Waals surface area contributed by atoms with Gasteiger partial charge in [0, 0.05) is 10.8 Å². The Morgan fingerprint density at radius 2 is 2.27 bits per heavy atom. The van der Waals surface area contributed by atoms with Crippen LogP contribution in [0.3, 0.4) is 0 Å². The SMILES string of the molecule is COc1cc(C(C)C[N+](=O)[O-])ccc1Br. The minimum atomic E-state index is -0.306. The second-order valence-electron chi connectivity index (χ2n) is 3.31. The van der Waals surface area contributed by atoms with Gasteiger partial charge in [-0.2, -0.15) is 0 Å². The molecule has 15 heavy (non-hydrogen) atoms. The lowest BCUT2D eigenvalue weighted by Gasteiger charge is -2.10. The first kappa shape index (κ1) is 12.0. The Morgan fingerprint density at radius 3 is 2.80 bits per heavy atom. The number of methoxy groups -OCH3 is 1. The summed E-state index contributed by atoms with van der Waals surface area (Å²) in [6.07, 6.45) is 0. The Hall–Kier alpha value is -1.10. The molecule has 0 fully saturated rings. The van der Waals surface area contributed by atoms with Crippen LogP contribution in [0.15, 0.2) is 22.7 Å². The summed E-state index contributed by atoms with van der Waals surface area (Å²) in [6, 6.07) is 5.52. The predicted octanol–water partition coefficient (Wildman–Crippen LogP) is 2.84. The van der Waals surface area contributed by atoms with Crippen molar-refractivity contribution >= 4 is 15.9 Å². The summed E-state index contributed by atoms with van der Waals surface area (Å²) in [6.45, 7) is 1.76. The molecule has 0 radical (unpaired) electrons. The van der Waals surface area contributed by atoms with Crippen molar-refractivity contribution in [3.05, 3.63) is 38.3 Å². The van der Waals surface area contributed by atoms with Crippen molar-refractivity contribution in [2.75, 3.05) is 13.7 Å². The Bertz CT molecular complexity index is 368. The lowest BCUT2D eigenvalue weighted by atomic mass is 10.0. The summed E-state index contributed by atoms with van der Waals surface area (Å²) in [5, 5.41) is 10.4. The Balaban J connectivity index is 2.90. The molecule has 0 aromatic heterocycles. The van der Waals surface area contributed by atoms with Crippen LogP contribution < -0.4 is 4.74 Å². The number of benzene rings is 1. The first-order chi connectivity index (χ1) is 7.04. The molecule has 0 aliphatic carbocycles. The molecule has 5 heteroatoms.